The summed E-state index contributed by atoms with van der Waals surface area (Å²) in [4.78, 5) is 0. The van der Waals surface area contributed by atoms with Crippen LogP contribution in [-0.4, -0.2) is 46.0 Å². The van der Waals surface area contributed by atoms with Crippen LogP contribution in [0.5, 0.6) is 0 Å². The van der Waals surface area contributed by atoms with Crippen LogP contribution in [0.15, 0.2) is 0 Å². The summed E-state index contributed by atoms with van der Waals surface area (Å²) in [6.07, 6.45) is 8.55. The first kappa shape index (κ1) is 17.5. The topological polar surface area (TPSA) is 0 Å². The predicted molar refractivity (Wildman–Crippen MR) is 97.0 cm³/mol. The maximum absolute atomic E-state index is 2.17. The molecule has 108 valence electrons. The summed E-state index contributed by atoms with van der Waals surface area (Å²) in [6.45, 7) is 0. The molecule has 18 heavy (non-hydrogen) atoms. The molecule has 0 unspecified atom stereocenters. The maximum atomic E-state index is 2.17. The van der Waals surface area contributed by atoms with Crippen molar-refractivity contribution in [2.45, 2.75) is 38.5 Å². The van der Waals surface area contributed by atoms with Crippen LogP contribution in [0.3, 0.4) is 0 Å². The van der Waals surface area contributed by atoms with Gasteiger partial charge in [0.2, 0.25) is 0 Å². The third-order valence-corrected chi connectivity index (χ3v) is 7.43. The Kier molecular flexibility index (Phi) is 14.4. The highest BCUT2D eigenvalue weighted by atomic mass is 32.2. The minimum Gasteiger partial charge on any atom is -0.162 e. The fourth-order valence-electron chi connectivity index (χ4n) is 1.75. The van der Waals surface area contributed by atoms with Gasteiger partial charge in [0, 0.05) is 0 Å². The van der Waals surface area contributed by atoms with Crippen molar-refractivity contribution in [1.82, 2.24) is 0 Å². The quantitative estimate of drug-likeness (QED) is 0.594. The fourth-order valence-corrected chi connectivity index (χ4v) is 5.96. The van der Waals surface area contributed by atoms with E-state index in [0.717, 1.165) is 0 Å². The average molecular weight is 325 g/mol. The monoisotopic (exact) mass is 324 g/mol. The summed E-state index contributed by atoms with van der Waals surface area (Å²) >= 11 is 8.68. The fraction of sp³-hybridized carbons (Fsp3) is 1.00. The van der Waals surface area contributed by atoms with Gasteiger partial charge >= 0.3 is 0 Å². The molecule has 0 saturated carbocycles. The van der Waals surface area contributed by atoms with Gasteiger partial charge in [-0.3, -0.25) is 0 Å². The van der Waals surface area contributed by atoms with Crippen molar-refractivity contribution in [1.29, 1.82) is 0 Å². The highest BCUT2D eigenvalue weighted by molar-refractivity contribution is 8.00. The standard InChI is InChI=1S/C14H28S4/c1-2-8-16-12-6-14-18-10-4-3-9-17-13-5-11-15-7-1/h1-14H2. The first-order valence-corrected chi connectivity index (χ1v) is 11.9. The lowest BCUT2D eigenvalue weighted by Gasteiger charge is -2.05. The van der Waals surface area contributed by atoms with Crippen LogP contribution in [0, 0.1) is 0 Å². The Morgan fingerprint density at radius 3 is 0.778 bits per heavy atom. The van der Waals surface area contributed by atoms with Crippen LogP contribution >= 0.6 is 47.0 Å². The van der Waals surface area contributed by atoms with E-state index in [9.17, 15) is 0 Å². The van der Waals surface area contributed by atoms with E-state index < -0.39 is 0 Å². The molecule has 0 nitrogen and oxygen atoms in total. The minimum atomic E-state index is 1.38. The molecule has 0 radical (unpaired) electrons. The van der Waals surface area contributed by atoms with Crippen LogP contribution in [-0.2, 0) is 0 Å². The molecule has 1 aliphatic rings. The molecule has 0 bridgehead atoms. The Morgan fingerprint density at radius 2 is 0.500 bits per heavy atom. The second kappa shape index (κ2) is 14.8. The summed E-state index contributed by atoms with van der Waals surface area (Å²) in [5.41, 5.74) is 0. The lowest BCUT2D eigenvalue weighted by Crippen LogP contribution is -1.93. The van der Waals surface area contributed by atoms with Gasteiger partial charge in [-0.05, 0) is 84.5 Å². The lowest BCUT2D eigenvalue weighted by atomic mass is 10.4. The van der Waals surface area contributed by atoms with Crippen LogP contribution in [0.25, 0.3) is 0 Å². The van der Waals surface area contributed by atoms with Crippen molar-refractivity contribution in [3.8, 4) is 0 Å². The predicted octanol–water partition coefficient (Wildman–Crippen LogP) is 5.27. The van der Waals surface area contributed by atoms with E-state index in [1.807, 2.05) is 0 Å². The zero-order chi connectivity index (χ0) is 12.7. The summed E-state index contributed by atoms with van der Waals surface area (Å²) in [7, 11) is 0. The van der Waals surface area contributed by atoms with E-state index in [1.54, 1.807) is 0 Å². The molecule has 0 atom stereocenters. The van der Waals surface area contributed by atoms with Crippen molar-refractivity contribution in [2.75, 3.05) is 46.0 Å². The van der Waals surface area contributed by atoms with E-state index in [2.05, 4.69) is 47.0 Å². The second-order valence-corrected chi connectivity index (χ2v) is 9.47. The van der Waals surface area contributed by atoms with Gasteiger partial charge in [-0.2, -0.15) is 47.0 Å². The SMILES string of the molecule is C1CCSCCCSCCCCSCCCSC1. The molecule has 4 heteroatoms. The molecular formula is C14H28S4. The molecule has 1 rings (SSSR count). The van der Waals surface area contributed by atoms with E-state index in [1.165, 1.54) is 84.5 Å². The average Bonchev–Trinajstić information content (AvgIpc) is 2.39. The maximum Gasteiger partial charge on any atom is -0.00597 e. The van der Waals surface area contributed by atoms with Crippen molar-refractivity contribution in [3.63, 3.8) is 0 Å². The molecule has 0 amide bonds. The molecular weight excluding hydrogens is 296 g/mol. The van der Waals surface area contributed by atoms with Crippen molar-refractivity contribution in [3.05, 3.63) is 0 Å². The Morgan fingerprint density at radius 1 is 0.278 bits per heavy atom. The molecule has 0 spiro atoms. The Bertz CT molecular complexity index is 88.8. The summed E-state index contributed by atoms with van der Waals surface area (Å²) in [5, 5.41) is 0. The minimum absolute atomic E-state index is 1.38. The van der Waals surface area contributed by atoms with Gasteiger partial charge < -0.3 is 0 Å². The molecule has 0 aliphatic carbocycles. The Labute approximate surface area is 131 Å². The van der Waals surface area contributed by atoms with E-state index in [4.69, 9.17) is 0 Å². The van der Waals surface area contributed by atoms with Gasteiger partial charge in [-0.1, -0.05) is 0 Å². The third kappa shape index (κ3) is 12.4. The number of hydrogen-bond acceptors (Lipinski definition) is 4. The number of hydrogen-bond donors (Lipinski definition) is 0. The second-order valence-electron chi connectivity index (χ2n) is 4.57. The van der Waals surface area contributed by atoms with Gasteiger partial charge in [-0.15, -0.1) is 0 Å². The summed E-state index contributed by atoms with van der Waals surface area (Å²) < 4.78 is 0. The molecule has 0 aromatic heterocycles. The summed E-state index contributed by atoms with van der Waals surface area (Å²) in [6, 6.07) is 0. The van der Waals surface area contributed by atoms with E-state index in [0.29, 0.717) is 0 Å². The molecule has 0 N–H and O–H groups in total. The smallest absolute Gasteiger partial charge is 0.00597 e. The first-order chi connectivity index (χ1) is 9.00. The molecule has 1 fully saturated rings. The lowest BCUT2D eigenvalue weighted by molar-refractivity contribution is 0.900. The zero-order valence-electron chi connectivity index (χ0n) is 11.5. The van der Waals surface area contributed by atoms with E-state index in [-0.39, 0.29) is 0 Å². The van der Waals surface area contributed by atoms with Crippen molar-refractivity contribution >= 4 is 47.0 Å². The van der Waals surface area contributed by atoms with Gasteiger partial charge in [-0.25, -0.2) is 0 Å². The molecule has 0 aromatic rings. The number of thioether (sulfide) groups is 4. The van der Waals surface area contributed by atoms with E-state index >= 15 is 0 Å². The van der Waals surface area contributed by atoms with Gasteiger partial charge in [0.25, 0.3) is 0 Å². The van der Waals surface area contributed by atoms with Gasteiger partial charge in [0.05, 0.1) is 0 Å². The van der Waals surface area contributed by atoms with Crippen LogP contribution in [0.2, 0.25) is 0 Å². The Hall–Kier alpha value is 1.40. The highest BCUT2D eigenvalue weighted by Crippen LogP contribution is 2.15. The third-order valence-electron chi connectivity index (χ3n) is 2.81. The normalized spacial score (nSPS) is 24.0. The summed E-state index contributed by atoms with van der Waals surface area (Å²) in [5.74, 6) is 11.1. The van der Waals surface area contributed by atoms with Crippen LogP contribution in [0.4, 0.5) is 0 Å². The number of rotatable bonds is 0. The zero-order valence-corrected chi connectivity index (χ0v) is 14.8. The first-order valence-electron chi connectivity index (χ1n) is 7.31. The molecule has 0 aromatic carbocycles. The van der Waals surface area contributed by atoms with Gasteiger partial charge in [0.15, 0.2) is 0 Å². The molecule has 1 saturated heterocycles. The van der Waals surface area contributed by atoms with Crippen LogP contribution < -0.4 is 0 Å². The highest BCUT2D eigenvalue weighted by Gasteiger charge is 1.96. The van der Waals surface area contributed by atoms with Crippen LogP contribution in [0.1, 0.15) is 38.5 Å². The van der Waals surface area contributed by atoms with Crippen molar-refractivity contribution in [2.24, 2.45) is 0 Å². The molecule has 1 heterocycles. The van der Waals surface area contributed by atoms with Gasteiger partial charge in [0.1, 0.15) is 0 Å². The van der Waals surface area contributed by atoms with Crippen molar-refractivity contribution < 1.29 is 0 Å². The Balaban J connectivity index is 2.00. The largest absolute Gasteiger partial charge is 0.162 e. The molecule has 1 aliphatic heterocycles.